The van der Waals surface area contributed by atoms with Gasteiger partial charge in [0.15, 0.2) is 6.10 Å². The van der Waals surface area contributed by atoms with E-state index in [0.717, 1.165) is 44.9 Å². The molecule has 2 atom stereocenters. The Kier molecular flexibility index (Phi) is 40.2. The van der Waals surface area contributed by atoms with Crippen molar-refractivity contribution in [3.63, 3.8) is 0 Å². The van der Waals surface area contributed by atoms with Gasteiger partial charge in [-0.05, 0) is 25.7 Å². The van der Waals surface area contributed by atoms with E-state index in [1.54, 1.807) is 0 Å². The summed E-state index contributed by atoms with van der Waals surface area (Å²) in [5.41, 5.74) is 0. The molecule has 0 aliphatic rings. The highest BCUT2D eigenvalue weighted by Gasteiger charge is 2.21. The molecule has 0 rings (SSSR count). The average Bonchev–Trinajstić information content (AvgIpc) is 3.17. The number of likely N-dealkylation sites (N-methyl/N-ethyl adjacent to an activating group) is 1. The summed E-state index contributed by atoms with van der Waals surface area (Å²) in [4.78, 5) is 37.6. The molecule has 0 bridgehead atoms. The van der Waals surface area contributed by atoms with Crippen LogP contribution in [0.25, 0.3) is 0 Å². The summed E-state index contributed by atoms with van der Waals surface area (Å²) in [5, 5.41) is 0. The maximum atomic E-state index is 12.7. The van der Waals surface area contributed by atoms with E-state index in [0.29, 0.717) is 17.4 Å². The maximum absolute atomic E-state index is 12.7. The number of hydrogen-bond acceptors (Lipinski definition) is 8. The minimum atomic E-state index is -4.62. The second kappa shape index (κ2) is 41.1. The highest BCUT2D eigenvalue weighted by molar-refractivity contribution is 7.45. The molecule has 0 N–H and O–H groups in total. The van der Waals surface area contributed by atoms with E-state index in [4.69, 9.17) is 18.5 Å². The molecule has 10 heteroatoms. The molecule has 0 fully saturated rings. The van der Waals surface area contributed by atoms with Crippen molar-refractivity contribution in [2.45, 2.75) is 238 Å². The minimum absolute atomic E-state index is 0.0279. The molecule has 0 saturated carbocycles. The standard InChI is InChI=1S/C48H94NO8P/c1-6-8-10-12-14-16-18-20-22-23-24-25-27-28-30-32-34-36-38-40-47(50)54-44-46(45-56-58(52,53)55-43-42-49(3,4)5)57-48(51)41-39-37-35-33-31-29-26-21-19-17-15-13-11-9-7-2/h7,46H,2,6,8-45H2,1,3-5H3/t46-/m1/s1. The third-order valence-corrected chi connectivity index (χ3v) is 11.9. The molecule has 0 aromatic carbocycles. The highest BCUT2D eigenvalue weighted by atomic mass is 31.2. The Hall–Kier alpha value is -1.25. The molecule has 0 heterocycles. The van der Waals surface area contributed by atoms with Crippen LogP contribution in [-0.4, -0.2) is 70.0 Å². The summed E-state index contributed by atoms with van der Waals surface area (Å²) in [5.74, 6) is -0.823. The van der Waals surface area contributed by atoms with Crippen molar-refractivity contribution in [2.24, 2.45) is 0 Å². The molecule has 9 nitrogen and oxygen atoms in total. The van der Waals surface area contributed by atoms with Crippen LogP contribution in [0.1, 0.15) is 232 Å². The Morgan fingerprint density at radius 2 is 0.914 bits per heavy atom. The predicted molar refractivity (Wildman–Crippen MR) is 241 cm³/mol. The molecule has 0 aliphatic heterocycles. The Morgan fingerprint density at radius 1 is 0.552 bits per heavy atom. The molecule has 58 heavy (non-hydrogen) atoms. The number of quaternary nitrogens is 1. The highest BCUT2D eigenvalue weighted by Crippen LogP contribution is 2.38. The Labute approximate surface area is 358 Å². The first-order chi connectivity index (χ1) is 28.0. The molecule has 0 spiro atoms. The number of carbonyl (C=O) groups is 2. The van der Waals surface area contributed by atoms with E-state index < -0.39 is 26.5 Å². The van der Waals surface area contributed by atoms with Gasteiger partial charge in [-0.25, -0.2) is 0 Å². The zero-order chi connectivity index (χ0) is 42.8. The topological polar surface area (TPSA) is 111 Å². The van der Waals surface area contributed by atoms with Gasteiger partial charge >= 0.3 is 11.9 Å². The number of phosphoric acid groups is 1. The van der Waals surface area contributed by atoms with Gasteiger partial charge in [-0.1, -0.05) is 199 Å². The molecular weight excluding hydrogens is 750 g/mol. The molecule has 0 aromatic rings. The lowest BCUT2D eigenvalue weighted by atomic mass is 10.0. The van der Waals surface area contributed by atoms with Gasteiger partial charge in [0.05, 0.1) is 27.7 Å². The van der Waals surface area contributed by atoms with Crippen molar-refractivity contribution in [2.75, 3.05) is 47.5 Å². The van der Waals surface area contributed by atoms with Crippen LogP contribution >= 0.6 is 7.82 Å². The maximum Gasteiger partial charge on any atom is 0.306 e. The first-order valence-electron chi connectivity index (χ1n) is 24.4. The zero-order valence-corrected chi connectivity index (χ0v) is 39.5. The van der Waals surface area contributed by atoms with Crippen LogP contribution in [0, 0.1) is 0 Å². The second-order valence-corrected chi connectivity index (χ2v) is 19.3. The van der Waals surface area contributed by atoms with Crippen LogP contribution in [0.5, 0.6) is 0 Å². The number of ether oxygens (including phenoxy) is 2. The Morgan fingerprint density at radius 3 is 1.29 bits per heavy atom. The third kappa shape index (κ3) is 44.3. The van der Waals surface area contributed by atoms with E-state index in [1.807, 2.05) is 27.2 Å². The molecule has 0 aliphatic carbocycles. The number of allylic oxidation sites excluding steroid dienone is 1. The lowest BCUT2D eigenvalue weighted by molar-refractivity contribution is -0.870. The van der Waals surface area contributed by atoms with Crippen LogP contribution in [0.3, 0.4) is 0 Å². The van der Waals surface area contributed by atoms with Crippen molar-refractivity contribution in [1.82, 2.24) is 0 Å². The summed E-state index contributed by atoms with van der Waals surface area (Å²) in [6, 6.07) is 0. The second-order valence-electron chi connectivity index (χ2n) is 17.9. The first kappa shape index (κ1) is 56.8. The van der Waals surface area contributed by atoms with Crippen molar-refractivity contribution in [3.05, 3.63) is 12.7 Å². The van der Waals surface area contributed by atoms with Crippen molar-refractivity contribution >= 4 is 19.8 Å². The molecule has 0 radical (unpaired) electrons. The fourth-order valence-electron chi connectivity index (χ4n) is 7.11. The number of esters is 2. The van der Waals surface area contributed by atoms with Crippen molar-refractivity contribution in [1.29, 1.82) is 0 Å². The van der Waals surface area contributed by atoms with Crippen LogP contribution in [-0.2, 0) is 32.7 Å². The fourth-order valence-corrected chi connectivity index (χ4v) is 7.84. The molecular formula is C48H94NO8P. The van der Waals surface area contributed by atoms with Gasteiger partial charge in [-0.3, -0.25) is 14.2 Å². The number of hydrogen-bond donors (Lipinski definition) is 0. The van der Waals surface area contributed by atoms with Gasteiger partial charge in [0, 0.05) is 12.8 Å². The summed E-state index contributed by atoms with van der Waals surface area (Å²) < 4.78 is 34.0. The lowest BCUT2D eigenvalue weighted by Crippen LogP contribution is -2.37. The summed E-state index contributed by atoms with van der Waals surface area (Å²) >= 11 is 0. The van der Waals surface area contributed by atoms with E-state index >= 15 is 0 Å². The van der Waals surface area contributed by atoms with E-state index in [9.17, 15) is 19.0 Å². The summed E-state index contributed by atoms with van der Waals surface area (Å²) in [6.45, 7) is 5.79. The Bertz CT molecular complexity index is 987. The molecule has 0 amide bonds. The number of unbranched alkanes of at least 4 members (excludes halogenated alkanes) is 31. The van der Waals surface area contributed by atoms with Crippen LogP contribution < -0.4 is 4.89 Å². The first-order valence-corrected chi connectivity index (χ1v) is 25.8. The van der Waals surface area contributed by atoms with Crippen LogP contribution in [0.2, 0.25) is 0 Å². The average molecular weight is 844 g/mol. The molecule has 0 aromatic heterocycles. The number of nitrogens with zero attached hydrogens (tertiary/aromatic N) is 1. The van der Waals surface area contributed by atoms with E-state index in [-0.39, 0.29) is 32.0 Å². The summed E-state index contributed by atoms with van der Waals surface area (Å²) in [6.07, 6.45) is 42.7. The minimum Gasteiger partial charge on any atom is -0.756 e. The van der Waals surface area contributed by atoms with Gasteiger partial charge in [0.1, 0.15) is 19.8 Å². The number of phosphoric ester groups is 1. The van der Waals surface area contributed by atoms with Gasteiger partial charge in [-0.2, -0.15) is 0 Å². The van der Waals surface area contributed by atoms with Gasteiger partial charge in [0.25, 0.3) is 7.82 Å². The van der Waals surface area contributed by atoms with Gasteiger partial charge < -0.3 is 27.9 Å². The van der Waals surface area contributed by atoms with Crippen LogP contribution in [0.4, 0.5) is 0 Å². The SMILES string of the molecule is C=CCCCCCCCCCCCCCCCC(=O)O[C@H](COC(=O)CCCCCCCCCCCCCCCCCCCCC)COP(=O)([O-])OCC[N+](C)(C)C. The van der Waals surface area contributed by atoms with Gasteiger partial charge in [-0.15, -0.1) is 6.58 Å². The van der Waals surface area contributed by atoms with Gasteiger partial charge in [0.2, 0.25) is 0 Å². The number of rotatable bonds is 46. The van der Waals surface area contributed by atoms with Crippen molar-refractivity contribution in [3.8, 4) is 0 Å². The third-order valence-electron chi connectivity index (χ3n) is 10.9. The molecule has 1 unspecified atom stereocenters. The van der Waals surface area contributed by atoms with Crippen molar-refractivity contribution < 1.29 is 42.1 Å². The fraction of sp³-hybridized carbons (Fsp3) is 0.917. The zero-order valence-electron chi connectivity index (χ0n) is 38.6. The monoisotopic (exact) mass is 844 g/mol. The Balaban J connectivity index is 4.22. The number of carbonyl (C=O) groups excluding carboxylic acids is 2. The van der Waals surface area contributed by atoms with E-state index in [2.05, 4.69) is 13.5 Å². The normalized spacial score (nSPS) is 13.3. The predicted octanol–water partition coefficient (Wildman–Crippen LogP) is 13.5. The molecule has 0 saturated heterocycles. The largest absolute Gasteiger partial charge is 0.756 e. The molecule has 344 valence electrons. The lowest BCUT2D eigenvalue weighted by Gasteiger charge is -2.28. The van der Waals surface area contributed by atoms with Crippen LogP contribution in [0.15, 0.2) is 12.7 Å². The van der Waals surface area contributed by atoms with E-state index in [1.165, 1.54) is 161 Å². The smallest absolute Gasteiger partial charge is 0.306 e. The summed E-state index contributed by atoms with van der Waals surface area (Å²) in [7, 11) is 1.18. The quantitative estimate of drug-likeness (QED) is 0.0196.